The Morgan fingerprint density at radius 3 is 2.32 bits per heavy atom. The van der Waals surface area contributed by atoms with Crippen molar-refractivity contribution in [1.82, 2.24) is 0 Å². The fourth-order valence-corrected chi connectivity index (χ4v) is 3.64. The molecule has 0 saturated carbocycles. The van der Waals surface area contributed by atoms with Crippen molar-refractivity contribution in [3.8, 4) is 6.07 Å². The number of amides is 1. The average molecular weight is 268 g/mol. The van der Waals surface area contributed by atoms with E-state index in [0.717, 1.165) is 0 Å². The highest BCUT2D eigenvalue weighted by atomic mass is 16.4. The van der Waals surface area contributed by atoms with E-state index in [4.69, 9.17) is 0 Å². The molecule has 6 nitrogen and oxygen atoms in total. The van der Waals surface area contributed by atoms with Crippen LogP contribution in [0.1, 0.15) is 40.5 Å². The molecule has 0 bridgehead atoms. The molecule has 1 fully saturated rings. The van der Waals surface area contributed by atoms with Gasteiger partial charge in [0.25, 0.3) is 6.09 Å². The van der Waals surface area contributed by atoms with Crippen LogP contribution in [0.2, 0.25) is 0 Å². The molecule has 0 radical (unpaired) electrons. The van der Waals surface area contributed by atoms with Crippen LogP contribution >= 0.6 is 0 Å². The lowest BCUT2D eigenvalue weighted by molar-refractivity contribution is -0.946. The summed E-state index contributed by atoms with van der Waals surface area (Å²) in [6.45, 7) is 6.75. The predicted molar refractivity (Wildman–Crippen MR) is 64.7 cm³/mol. The summed E-state index contributed by atoms with van der Waals surface area (Å²) in [6.07, 6.45) is -1.09. The summed E-state index contributed by atoms with van der Waals surface area (Å²) in [5.74, 6) is -2.06. The van der Waals surface area contributed by atoms with E-state index in [1.807, 2.05) is 6.07 Å². The molecule has 106 valence electrons. The Kier molecular flexibility index (Phi) is 3.65. The number of aliphatic carboxylic acids is 1. The highest BCUT2D eigenvalue weighted by molar-refractivity contribution is 5.81. The minimum atomic E-state index is -1.65. The molecule has 6 heteroatoms. The summed E-state index contributed by atoms with van der Waals surface area (Å²) in [6, 6.07) is 1.98. The Labute approximate surface area is 112 Å². The monoisotopic (exact) mass is 268 g/mol. The number of hydrogen-bond acceptors (Lipinski definition) is 4. The summed E-state index contributed by atoms with van der Waals surface area (Å²) in [4.78, 5) is 23.6. The number of carbonyl (C=O) groups excluding carboxylic acids is 1. The molecule has 1 aliphatic heterocycles. The minimum Gasteiger partial charge on any atom is -0.498 e. The van der Waals surface area contributed by atoms with Crippen LogP contribution in [0.4, 0.5) is 4.79 Å². The molecule has 0 aromatic carbocycles. The molecule has 1 saturated heterocycles. The third kappa shape index (κ3) is 1.65. The van der Waals surface area contributed by atoms with Crippen molar-refractivity contribution >= 4 is 12.1 Å². The molecule has 0 spiro atoms. The average Bonchev–Trinajstić information content (AvgIpc) is 2.63. The lowest BCUT2D eigenvalue weighted by Crippen LogP contribution is -2.78. The summed E-state index contributed by atoms with van der Waals surface area (Å²) in [7, 11) is 0. The standard InChI is InChI=1S/C13H20N2O4/c1-5-13(10(16)17)9(8-14)6-7-15(13,11(18)19)12(2,3)4/h9H,5-7H2,1-4H3,(H-,16,17,18,19)/t9-,13+,15?/m0/s1. The van der Waals surface area contributed by atoms with Gasteiger partial charge in [0.2, 0.25) is 5.54 Å². The molecule has 1 aliphatic rings. The van der Waals surface area contributed by atoms with Crippen LogP contribution in [0.3, 0.4) is 0 Å². The van der Waals surface area contributed by atoms with E-state index in [9.17, 15) is 25.1 Å². The van der Waals surface area contributed by atoms with Gasteiger partial charge in [-0.05, 0) is 20.8 Å². The first-order chi connectivity index (χ1) is 8.61. The lowest BCUT2D eigenvalue weighted by atomic mass is 9.79. The van der Waals surface area contributed by atoms with Crippen LogP contribution in [-0.2, 0) is 4.79 Å². The Hall–Kier alpha value is -1.61. The second-order valence-electron chi connectivity index (χ2n) is 6.02. The van der Waals surface area contributed by atoms with Crippen LogP contribution in [0.25, 0.3) is 0 Å². The molecule has 0 aromatic heterocycles. The maximum Gasteiger partial charge on any atom is 0.367 e. The maximum atomic E-state index is 11.8. The highest BCUT2D eigenvalue weighted by Crippen LogP contribution is 2.49. The van der Waals surface area contributed by atoms with Crippen LogP contribution in [0, 0.1) is 17.2 Å². The number of hydrogen-bond donors (Lipinski definition) is 1. The number of quaternary nitrogens is 1. The third-order valence-electron chi connectivity index (χ3n) is 4.53. The van der Waals surface area contributed by atoms with Crippen molar-refractivity contribution in [1.29, 1.82) is 5.26 Å². The predicted octanol–water partition coefficient (Wildman–Crippen LogP) is 0.722. The zero-order chi connectivity index (χ0) is 15.1. The molecule has 0 aliphatic carbocycles. The first-order valence-corrected chi connectivity index (χ1v) is 6.34. The largest absolute Gasteiger partial charge is 0.498 e. The zero-order valence-corrected chi connectivity index (χ0v) is 11.8. The van der Waals surface area contributed by atoms with Gasteiger partial charge in [-0.2, -0.15) is 5.26 Å². The Balaban J connectivity index is 3.69. The molecule has 1 N–H and O–H groups in total. The van der Waals surface area contributed by atoms with Gasteiger partial charge >= 0.3 is 5.97 Å². The summed E-state index contributed by atoms with van der Waals surface area (Å²) >= 11 is 0. The van der Waals surface area contributed by atoms with Crippen LogP contribution in [-0.4, -0.2) is 39.3 Å². The van der Waals surface area contributed by atoms with Crippen molar-refractivity contribution in [3.63, 3.8) is 0 Å². The Bertz CT molecular complexity index is 449. The van der Waals surface area contributed by atoms with E-state index in [2.05, 4.69) is 0 Å². The molecule has 1 amide bonds. The van der Waals surface area contributed by atoms with E-state index in [0.29, 0.717) is 0 Å². The second-order valence-corrected chi connectivity index (χ2v) is 6.02. The van der Waals surface area contributed by atoms with Gasteiger partial charge in [-0.25, -0.2) is 4.79 Å². The number of rotatable bonds is 2. The first kappa shape index (κ1) is 15.4. The summed E-state index contributed by atoms with van der Waals surface area (Å²) < 4.78 is -0.704. The first-order valence-electron chi connectivity index (χ1n) is 6.34. The van der Waals surface area contributed by atoms with Gasteiger partial charge in [-0.3, -0.25) is 4.48 Å². The molecular weight excluding hydrogens is 248 g/mol. The van der Waals surface area contributed by atoms with Crippen LogP contribution in [0.15, 0.2) is 0 Å². The van der Waals surface area contributed by atoms with Crippen LogP contribution in [0.5, 0.6) is 0 Å². The normalized spacial score (nSPS) is 34.8. The van der Waals surface area contributed by atoms with E-state index < -0.39 is 33.5 Å². The van der Waals surface area contributed by atoms with Gasteiger partial charge in [-0.15, -0.1) is 0 Å². The third-order valence-corrected chi connectivity index (χ3v) is 4.53. The number of carboxylic acids is 1. The van der Waals surface area contributed by atoms with Crippen molar-refractivity contribution in [3.05, 3.63) is 0 Å². The zero-order valence-electron chi connectivity index (χ0n) is 11.8. The molecule has 3 atom stereocenters. The Morgan fingerprint density at radius 1 is 1.53 bits per heavy atom. The molecule has 1 unspecified atom stereocenters. The van der Waals surface area contributed by atoms with Crippen molar-refractivity contribution in [2.75, 3.05) is 6.54 Å². The topological polar surface area (TPSA) is 101 Å². The number of nitrogens with zero attached hydrogens (tertiary/aromatic N) is 2. The van der Waals surface area contributed by atoms with Gasteiger partial charge in [-0.1, -0.05) is 6.92 Å². The van der Waals surface area contributed by atoms with E-state index in [-0.39, 0.29) is 19.4 Å². The number of carboxylic acid groups (broad SMARTS) is 2. The summed E-state index contributed by atoms with van der Waals surface area (Å²) in [5, 5.41) is 30.7. The number of likely N-dealkylation sites (tertiary alicyclic amines) is 1. The lowest BCUT2D eigenvalue weighted by Gasteiger charge is -2.53. The number of nitriles is 1. The molecule has 1 heterocycles. The van der Waals surface area contributed by atoms with Crippen molar-refractivity contribution in [2.24, 2.45) is 5.92 Å². The van der Waals surface area contributed by atoms with Gasteiger partial charge < -0.3 is 15.0 Å². The van der Waals surface area contributed by atoms with Gasteiger partial charge in [0.15, 0.2) is 0 Å². The van der Waals surface area contributed by atoms with Crippen LogP contribution < -0.4 is 5.11 Å². The fourth-order valence-electron chi connectivity index (χ4n) is 3.64. The smallest absolute Gasteiger partial charge is 0.367 e. The van der Waals surface area contributed by atoms with Gasteiger partial charge in [0.1, 0.15) is 5.92 Å². The maximum absolute atomic E-state index is 11.8. The quantitative estimate of drug-likeness (QED) is 0.744. The highest BCUT2D eigenvalue weighted by Gasteiger charge is 2.70. The van der Waals surface area contributed by atoms with Crippen molar-refractivity contribution < 1.29 is 24.3 Å². The van der Waals surface area contributed by atoms with Gasteiger partial charge in [0, 0.05) is 12.8 Å². The van der Waals surface area contributed by atoms with E-state index >= 15 is 0 Å². The van der Waals surface area contributed by atoms with Crippen molar-refractivity contribution in [2.45, 2.75) is 51.6 Å². The second kappa shape index (κ2) is 4.49. The molecular formula is C13H20N2O4. The molecule has 19 heavy (non-hydrogen) atoms. The number of carbonyl (C=O) groups is 2. The Morgan fingerprint density at radius 2 is 2.05 bits per heavy atom. The molecule has 1 rings (SSSR count). The van der Waals surface area contributed by atoms with E-state index in [1.165, 1.54) is 0 Å². The SMILES string of the molecule is CC[C@]1(C(=O)O)[C@H](C#N)CC[N+]1(C(=O)[O-])C(C)(C)C. The fraction of sp³-hybridized carbons (Fsp3) is 0.769. The minimum absolute atomic E-state index is 0.0752. The summed E-state index contributed by atoms with van der Waals surface area (Å²) in [5.41, 5.74) is -2.51. The van der Waals surface area contributed by atoms with E-state index in [1.54, 1.807) is 27.7 Å². The van der Waals surface area contributed by atoms with Gasteiger partial charge in [0.05, 0.1) is 18.2 Å². The molecule has 0 aromatic rings.